The minimum absolute atomic E-state index is 0.123. The van der Waals surface area contributed by atoms with Crippen LogP contribution >= 0.6 is 15.9 Å². The van der Waals surface area contributed by atoms with E-state index in [4.69, 9.17) is 0 Å². The molecule has 7 heteroatoms. The Morgan fingerprint density at radius 1 is 0.970 bits per heavy atom. The normalized spacial score (nSPS) is 30.3. The number of rotatable bonds is 1. The molecule has 6 nitrogen and oxygen atoms in total. The summed E-state index contributed by atoms with van der Waals surface area (Å²) in [6.07, 6.45) is 1.71. The molecule has 4 aliphatic heterocycles. The van der Waals surface area contributed by atoms with Gasteiger partial charge in [0.25, 0.3) is 0 Å². The predicted molar refractivity (Wildman–Crippen MR) is 128 cm³/mol. The fraction of sp³-hybridized carbons (Fsp3) is 0.269. The molecule has 0 saturated carbocycles. The summed E-state index contributed by atoms with van der Waals surface area (Å²) in [7, 11) is 0. The third-order valence-electron chi connectivity index (χ3n) is 7.96. The molecule has 0 radical (unpaired) electrons. The monoisotopic (exact) mass is 501 g/mol. The summed E-state index contributed by atoms with van der Waals surface area (Å²) in [6, 6.07) is 19.0. The maximum atomic E-state index is 14.2. The molecule has 3 amide bonds. The first kappa shape index (κ1) is 19.4. The molecular formula is C26H20BrN3O3. The van der Waals surface area contributed by atoms with Crippen molar-refractivity contribution in [3.63, 3.8) is 0 Å². The van der Waals surface area contributed by atoms with E-state index < -0.39 is 17.4 Å². The number of hydrogen-bond donors (Lipinski definition) is 1. The molecule has 7 rings (SSSR count). The molecule has 0 aliphatic carbocycles. The van der Waals surface area contributed by atoms with Crippen LogP contribution in [0.15, 0.2) is 65.1 Å². The Bertz CT molecular complexity index is 1400. The molecule has 3 aromatic rings. The Balaban J connectivity index is 1.46. The van der Waals surface area contributed by atoms with E-state index in [1.54, 1.807) is 0 Å². The van der Waals surface area contributed by atoms with Crippen molar-refractivity contribution in [3.8, 4) is 0 Å². The van der Waals surface area contributed by atoms with Crippen LogP contribution < -0.4 is 10.2 Å². The fourth-order valence-corrected chi connectivity index (χ4v) is 7.18. The molecule has 4 aliphatic rings. The van der Waals surface area contributed by atoms with Crippen LogP contribution in [0.3, 0.4) is 0 Å². The van der Waals surface area contributed by atoms with Crippen LogP contribution in [-0.2, 0) is 19.9 Å². The molecule has 3 aromatic carbocycles. The second-order valence-corrected chi connectivity index (χ2v) is 10.2. The van der Waals surface area contributed by atoms with E-state index in [9.17, 15) is 14.4 Å². The number of fused-ring (bicyclic) bond motifs is 8. The van der Waals surface area contributed by atoms with Crippen LogP contribution in [-0.4, -0.2) is 35.2 Å². The first-order valence-corrected chi connectivity index (χ1v) is 12.1. The van der Waals surface area contributed by atoms with Gasteiger partial charge in [-0.2, -0.15) is 0 Å². The lowest BCUT2D eigenvalue weighted by Crippen LogP contribution is -2.54. The summed E-state index contributed by atoms with van der Waals surface area (Å²) in [5.41, 5.74) is 0.961. The Labute approximate surface area is 198 Å². The Morgan fingerprint density at radius 2 is 1.79 bits per heavy atom. The van der Waals surface area contributed by atoms with Gasteiger partial charge in [-0.1, -0.05) is 52.3 Å². The van der Waals surface area contributed by atoms with E-state index in [0.717, 1.165) is 39.3 Å². The van der Waals surface area contributed by atoms with E-state index in [0.29, 0.717) is 12.2 Å². The molecule has 33 heavy (non-hydrogen) atoms. The van der Waals surface area contributed by atoms with Crippen LogP contribution in [0, 0.1) is 11.8 Å². The molecule has 3 fully saturated rings. The van der Waals surface area contributed by atoms with Gasteiger partial charge in [-0.15, -0.1) is 0 Å². The lowest BCUT2D eigenvalue weighted by atomic mass is 9.75. The summed E-state index contributed by atoms with van der Waals surface area (Å²) in [6.45, 7) is 0.700. The number of carbonyl (C=O) groups excluding carboxylic acids is 3. The lowest BCUT2D eigenvalue weighted by Gasteiger charge is -2.36. The van der Waals surface area contributed by atoms with E-state index in [1.165, 1.54) is 4.90 Å². The van der Waals surface area contributed by atoms with Crippen molar-refractivity contribution < 1.29 is 14.4 Å². The molecule has 3 saturated heterocycles. The Morgan fingerprint density at radius 3 is 2.67 bits per heavy atom. The zero-order valence-corrected chi connectivity index (χ0v) is 19.2. The highest BCUT2D eigenvalue weighted by Gasteiger charge is 2.74. The van der Waals surface area contributed by atoms with Gasteiger partial charge < -0.3 is 5.32 Å². The average molecular weight is 502 g/mol. The number of imide groups is 1. The maximum absolute atomic E-state index is 14.2. The molecule has 4 atom stereocenters. The summed E-state index contributed by atoms with van der Waals surface area (Å²) in [5.74, 6) is -1.94. The van der Waals surface area contributed by atoms with Gasteiger partial charge in [0, 0.05) is 27.2 Å². The lowest BCUT2D eigenvalue weighted by molar-refractivity contribution is -0.135. The van der Waals surface area contributed by atoms with Gasteiger partial charge >= 0.3 is 0 Å². The largest absolute Gasteiger partial charge is 0.324 e. The Hall–Kier alpha value is -3.03. The smallest absolute Gasteiger partial charge is 0.250 e. The minimum Gasteiger partial charge on any atom is -0.324 e. The number of nitrogens with one attached hydrogen (secondary N) is 1. The van der Waals surface area contributed by atoms with Gasteiger partial charge in [0.2, 0.25) is 17.7 Å². The van der Waals surface area contributed by atoms with Gasteiger partial charge in [-0.3, -0.25) is 19.3 Å². The molecule has 1 spiro atoms. The van der Waals surface area contributed by atoms with Crippen molar-refractivity contribution in [2.45, 2.75) is 24.4 Å². The fourth-order valence-electron chi connectivity index (χ4n) is 6.82. The van der Waals surface area contributed by atoms with E-state index in [1.807, 2.05) is 60.7 Å². The van der Waals surface area contributed by atoms with Crippen LogP contribution in [0.4, 0.5) is 11.4 Å². The van der Waals surface area contributed by atoms with Crippen LogP contribution in [0.2, 0.25) is 0 Å². The highest BCUT2D eigenvalue weighted by molar-refractivity contribution is 9.10. The van der Waals surface area contributed by atoms with Crippen molar-refractivity contribution in [2.24, 2.45) is 11.8 Å². The van der Waals surface area contributed by atoms with Crippen molar-refractivity contribution in [3.05, 3.63) is 70.7 Å². The second-order valence-electron chi connectivity index (χ2n) is 9.33. The molecule has 164 valence electrons. The summed E-state index contributed by atoms with van der Waals surface area (Å²) >= 11 is 3.54. The number of amides is 3. The zero-order chi connectivity index (χ0) is 22.5. The van der Waals surface area contributed by atoms with Gasteiger partial charge in [0.05, 0.1) is 17.5 Å². The van der Waals surface area contributed by atoms with Crippen LogP contribution in [0.25, 0.3) is 10.8 Å². The number of halogens is 1. The van der Waals surface area contributed by atoms with Gasteiger partial charge in [-0.05, 0) is 49.0 Å². The van der Waals surface area contributed by atoms with Gasteiger partial charge in [0.15, 0.2) is 0 Å². The molecule has 4 heterocycles. The van der Waals surface area contributed by atoms with Gasteiger partial charge in [-0.25, -0.2) is 4.90 Å². The van der Waals surface area contributed by atoms with E-state index >= 15 is 0 Å². The molecule has 0 bridgehead atoms. The van der Waals surface area contributed by atoms with E-state index in [2.05, 4.69) is 26.1 Å². The topological polar surface area (TPSA) is 69.7 Å². The number of carbonyl (C=O) groups is 3. The molecule has 0 aromatic heterocycles. The van der Waals surface area contributed by atoms with Crippen LogP contribution in [0.5, 0.6) is 0 Å². The Kier molecular flexibility index (Phi) is 3.84. The van der Waals surface area contributed by atoms with Crippen molar-refractivity contribution in [2.75, 3.05) is 16.8 Å². The summed E-state index contributed by atoms with van der Waals surface area (Å²) in [5, 5.41) is 4.85. The highest BCUT2D eigenvalue weighted by Crippen LogP contribution is 2.61. The van der Waals surface area contributed by atoms with Crippen molar-refractivity contribution in [1.29, 1.82) is 0 Å². The standard InChI is InChI=1S/C26H20BrN3O3/c27-15-10-11-18-17(13-15)26(25(33)28-18)22-21(20-9-4-12-29(20)26)23(31)30(24(22)32)19-8-3-6-14-5-1-2-7-16(14)19/h1-3,5-8,10-11,13,20-22H,4,9,12H2,(H,28,33)/t20-,21+,22-,26-/m0/s1. The minimum atomic E-state index is -1.16. The van der Waals surface area contributed by atoms with Gasteiger partial charge in [0.1, 0.15) is 5.54 Å². The third kappa shape index (κ3) is 2.24. The van der Waals surface area contributed by atoms with Crippen molar-refractivity contribution >= 4 is 55.8 Å². The third-order valence-corrected chi connectivity index (χ3v) is 8.46. The second kappa shape index (κ2) is 6.52. The van der Waals surface area contributed by atoms with E-state index in [-0.39, 0.29) is 23.8 Å². The molecule has 0 unspecified atom stereocenters. The summed E-state index contributed by atoms with van der Waals surface area (Å²) in [4.78, 5) is 45.3. The number of anilines is 2. The quantitative estimate of drug-likeness (QED) is 0.511. The van der Waals surface area contributed by atoms with Crippen LogP contribution in [0.1, 0.15) is 18.4 Å². The number of nitrogens with zero attached hydrogens (tertiary/aromatic N) is 2. The SMILES string of the molecule is O=C1[C@H]2[C@@H](C(=O)N1c1cccc3ccccc13)[C@@]1(C(=O)Nc3ccc(Br)cc31)N1CCC[C@@H]21. The van der Waals surface area contributed by atoms with Crippen molar-refractivity contribution in [1.82, 2.24) is 4.90 Å². The first-order valence-electron chi connectivity index (χ1n) is 11.3. The first-order chi connectivity index (χ1) is 16.0. The molecule has 1 N–H and O–H groups in total. The zero-order valence-electron chi connectivity index (χ0n) is 17.6. The predicted octanol–water partition coefficient (Wildman–Crippen LogP) is 4.03. The molecular weight excluding hydrogens is 482 g/mol. The average Bonchev–Trinajstić information content (AvgIpc) is 3.52. The number of hydrogen-bond acceptors (Lipinski definition) is 4. The highest BCUT2D eigenvalue weighted by atomic mass is 79.9. The number of benzene rings is 3. The maximum Gasteiger partial charge on any atom is 0.250 e. The summed E-state index contributed by atoms with van der Waals surface area (Å²) < 4.78 is 0.846.